The Morgan fingerprint density at radius 1 is 0.872 bits per heavy atom. The van der Waals surface area contributed by atoms with E-state index < -0.39 is 28.5 Å². The van der Waals surface area contributed by atoms with E-state index in [1.54, 1.807) is 42.5 Å². The van der Waals surface area contributed by atoms with Crippen molar-refractivity contribution in [2.45, 2.75) is 55.6 Å². The van der Waals surface area contributed by atoms with Gasteiger partial charge in [0.15, 0.2) is 0 Å². The molecule has 0 heterocycles. The van der Waals surface area contributed by atoms with E-state index in [0.29, 0.717) is 16.3 Å². The summed E-state index contributed by atoms with van der Waals surface area (Å²) in [6.45, 7) is -0.569. The Morgan fingerprint density at radius 3 is 2.17 bits per heavy atom. The summed E-state index contributed by atoms with van der Waals surface area (Å²) in [4.78, 5) is 30.2. The molecule has 1 fully saturated rings. The maximum absolute atomic E-state index is 14.6. The second-order valence-corrected chi connectivity index (χ2v) is 14.2. The summed E-state index contributed by atoms with van der Waals surface area (Å²) in [7, 11) is -2.80. The summed E-state index contributed by atoms with van der Waals surface area (Å²) in [5.74, 6) is -0.507. The van der Waals surface area contributed by atoms with Gasteiger partial charge in [0.25, 0.3) is 10.0 Å². The van der Waals surface area contributed by atoms with E-state index in [0.717, 1.165) is 35.6 Å². The smallest absolute Gasteiger partial charge is 0.264 e. The van der Waals surface area contributed by atoms with Gasteiger partial charge in [0, 0.05) is 24.0 Å². The predicted molar refractivity (Wildman–Crippen MR) is 185 cm³/mol. The Kier molecular flexibility index (Phi) is 11.4. The summed E-state index contributed by atoms with van der Waals surface area (Å²) >= 11 is 12.8. The fraction of sp³-hybridized carbons (Fsp3) is 0.278. The topological polar surface area (TPSA) is 96.0 Å². The average molecular weight is 695 g/mol. The van der Waals surface area contributed by atoms with E-state index >= 15 is 0 Å². The summed E-state index contributed by atoms with van der Waals surface area (Å²) in [6, 6.07) is 28.0. The number of hydrogen-bond acceptors (Lipinski definition) is 5. The fourth-order valence-electron chi connectivity index (χ4n) is 5.81. The molecule has 0 aliphatic heterocycles. The molecule has 11 heteroatoms. The lowest BCUT2D eigenvalue weighted by atomic mass is 10.0. The highest BCUT2D eigenvalue weighted by atomic mass is 35.5. The molecule has 0 radical (unpaired) electrons. The quantitative estimate of drug-likeness (QED) is 0.164. The van der Waals surface area contributed by atoms with Crippen LogP contribution >= 0.6 is 23.2 Å². The van der Waals surface area contributed by atoms with Crippen LogP contribution in [0, 0.1) is 0 Å². The highest BCUT2D eigenvalue weighted by molar-refractivity contribution is 7.92. The number of nitrogens with one attached hydrogen (secondary N) is 1. The van der Waals surface area contributed by atoms with Gasteiger partial charge in [-0.1, -0.05) is 96.7 Å². The fourth-order valence-corrected chi connectivity index (χ4v) is 7.70. The molecule has 0 spiro atoms. The molecule has 1 aliphatic carbocycles. The van der Waals surface area contributed by atoms with Crippen molar-refractivity contribution in [3.8, 4) is 5.75 Å². The molecular formula is C36H37Cl2N3O5S. The summed E-state index contributed by atoms with van der Waals surface area (Å²) in [5, 5.41) is 3.83. The number of methoxy groups -OCH3 is 1. The Bertz CT molecular complexity index is 1790. The highest BCUT2D eigenvalue weighted by Gasteiger charge is 2.35. The van der Waals surface area contributed by atoms with Gasteiger partial charge in [-0.3, -0.25) is 13.9 Å². The second-order valence-electron chi connectivity index (χ2n) is 11.5. The van der Waals surface area contributed by atoms with Crippen molar-refractivity contribution in [3.05, 3.63) is 124 Å². The molecule has 2 amide bonds. The third-order valence-corrected chi connectivity index (χ3v) is 10.6. The molecule has 1 atom stereocenters. The molecule has 0 saturated heterocycles. The van der Waals surface area contributed by atoms with Gasteiger partial charge in [-0.15, -0.1) is 0 Å². The number of sulfonamides is 1. The Hall–Kier alpha value is -4.05. The number of carbonyl (C=O) groups excluding carboxylic acids is 2. The Morgan fingerprint density at radius 2 is 1.53 bits per heavy atom. The first-order valence-electron chi connectivity index (χ1n) is 15.5. The normalized spacial score (nSPS) is 13.9. The van der Waals surface area contributed by atoms with E-state index in [1.165, 1.54) is 36.3 Å². The molecule has 1 saturated carbocycles. The molecule has 8 nitrogen and oxygen atoms in total. The molecule has 1 aliphatic rings. The van der Waals surface area contributed by atoms with Gasteiger partial charge >= 0.3 is 0 Å². The minimum atomic E-state index is -4.26. The molecule has 4 aromatic rings. The molecule has 246 valence electrons. The number of amides is 2. The van der Waals surface area contributed by atoms with Gasteiger partial charge in [0.2, 0.25) is 11.8 Å². The van der Waals surface area contributed by atoms with Crippen molar-refractivity contribution in [1.82, 2.24) is 10.2 Å². The van der Waals surface area contributed by atoms with Crippen LogP contribution in [0.4, 0.5) is 5.69 Å². The number of benzene rings is 4. The number of ether oxygens (including phenoxy) is 1. The minimum absolute atomic E-state index is 0.000874. The number of rotatable bonds is 13. The molecule has 0 aromatic heterocycles. The number of nitrogens with zero attached hydrogens (tertiary/aromatic N) is 2. The zero-order valence-corrected chi connectivity index (χ0v) is 28.3. The lowest BCUT2D eigenvalue weighted by molar-refractivity contribution is -0.140. The van der Waals surface area contributed by atoms with E-state index in [9.17, 15) is 18.0 Å². The molecule has 1 unspecified atom stereocenters. The van der Waals surface area contributed by atoms with Crippen LogP contribution in [0.2, 0.25) is 10.0 Å². The third kappa shape index (κ3) is 8.66. The van der Waals surface area contributed by atoms with Gasteiger partial charge in [-0.25, -0.2) is 8.42 Å². The minimum Gasteiger partial charge on any atom is -0.495 e. The largest absolute Gasteiger partial charge is 0.495 e. The van der Waals surface area contributed by atoms with Gasteiger partial charge in [-0.2, -0.15) is 0 Å². The number of halogens is 2. The first-order valence-corrected chi connectivity index (χ1v) is 17.6. The van der Waals surface area contributed by atoms with Crippen LogP contribution in [0.15, 0.2) is 108 Å². The Labute approximate surface area is 286 Å². The van der Waals surface area contributed by atoms with Gasteiger partial charge < -0.3 is 15.0 Å². The number of anilines is 1. The van der Waals surface area contributed by atoms with Crippen LogP contribution in [-0.2, 0) is 32.6 Å². The molecule has 47 heavy (non-hydrogen) atoms. The van der Waals surface area contributed by atoms with Crippen molar-refractivity contribution >= 4 is 50.7 Å². The Balaban J connectivity index is 1.58. The van der Waals surface area contributed by atoms with Crippen molar-refractivity contribution in [2.75, 3.05) is 18.0 Å². The molecule has 1 N–H and O–H groups in total. The first kappa shape index (κ1) is 34.3. The maximum atomic E-state index is 14.6. The first-order chi connectivity index (χ1) is 22.7. The molecule has 0 bridgehead atoms. The van der Waals surface area contributed by atoms with Crippen LogP contribution < -0.4 is 14.4 Å². The van der Waals surface area contributed by atoms with Gasteiger partial charge in [-0.05, 0) is 66.4 Å². The summed E-state index contributed by atoms with van der Waals surface area (Å²) < 4.78 is 34.6. The van der Waals surface area contributed by atoms with Crippen LogP contribution in [-0.4, -0.2) is 50.9 Å². The van der Waals surface area contributed by atoms with Crippen LogP contribution in [0.5, 0.6) is 5.75 Å². The van der Waals surface area contributed by atoms with E-state index in [1.807, 2.05) is 36.4 Å². The molecule has 4 aromatic carbocycles. The highest BCUT2D eigenvalue weighted by Crippen LogP contribution is 2.32. The van der Waals surface area contributed by atoms with Crippen LogP contribution in [0.25, 0.3) is 0 Å². The van der Waals surface area contributed by atoms with E-state index in [4.69, 9.17) is 27.9 Å². The van der Waals surface area contributed by atoms with Crippen molar-refractivity contribution in [3.63, 3.8) is 0 Å². The zero-order valence-electron chi connectivity index (χ0n) is 26.0. The SMILES string of the molecule is COc1ccc(N(CC(=O)N(Cc2cccc(Cl)c2)C(Cc2ccccc2)C(=O)NC2CCCC2)S(=O)(=O)c2ccccc2)cc1Cl. The van der Waals surface area contributed by atoms with Crippen LogP contribution in [0.3, 0.4) is 0 Å². The summed E-state index contributed by atoms with van der Waals surface area (Å²) in [5.41, 5.74) is 1.73. The summed E-state index contributed by atoms with van der Waals surface area (Å²) in [6.07, 6.45) is 4.01. The lowest BCUT2D eigenvalue weighted by Gasteiger charge is -2.34. The van der Waals surface area contributed by atoms with Crippen molar-refractivity contribution in [2.24, 2.45) is 0 Å². The average Bonchev–Trinajstić information content (AvgIpc) is 3.59. The van der Waals surface area contributed by atoms with E-state index in [-0.39, 0.29) is 40.5 Å². The second kappa shape index (κ2) is 15.7. The molecular weight excluding hydrogens is 657 g/mol. The van der Waals surface area contributed by atoms with Gasteiger partial charge in [0.1, 0.15) is 18.3 Å². The third-order valence-electron chi connectivity index (χ3n) is 8.25. The van der Waals surface area contributed by atoms with E-state index in [2.05, 4.69) is 5.32 Å². The monoisotopic (exact) mass is 693 g/mol. The lowest BCUT2D eigenvalue weighted by Crippen LogP contribution is -2.54. The predicted octanol–water partition coefficient (Wildman–Crippen LogP) is 6.90. The van der Waals surface area contributed by atoms with Crippen molar-refractivity contribution < 1.29 is 22.7 Å². The standard InChI is InChI=1S/C36H37Cl2N3O5S/c1-46-34-20-19-30(23-32(34)38)41(47(44,45)31-17-6-3-7-18-31)25-35(42)40(24-27-13-10-14-28(37)21-27)33(22-26-11-4-2-5-12-26)36(43)39-29-15-8-9-16-29/h2-7,10-14,17-21,23,29,33H,8-9,15-16,22,24-25H2,1H3,(H,39,43). The number of carbonyl (C=O) groups is 2. The zero-order chi connectivity index (χ0) is 33.4. The molecule has 5 rings (SSSR count). The number of hydrogen-bond donors (Lipinski definition) is 1. The van der Waals surface area contributed by atoms with Crippen molar-refractivity contribution in [1.29, 1.82) is 0 Å². The van der Waals surface area contributed by atoms with Gasteiger partial charge in [0.05, 0.1) is 22.7 Å². The van der Waals surface area contributed by atoms with Crippen LogP contribution in [0.1, 0.15) is 36.8 Å². The maximum Gasteiger partial charge on any atom is 0.264 e.